The predicted octanol–water partition coefficient (Wildman–Crippen LogP) is 1.41. The molecule has 134 valence electrons. The van der Waals surface area contributed by atoms with Crippen LogP contribution in [0.5, 0.6) is 5.75 Å². The third-order valence-electron chi connectivity index (χ3n) is 3.92. The standard InChI is InChI=1S/C18H28N2O4/c1-14-5-6-15(11-20-18(21)12-19-7-9-22-2)17(10-14)24-13-16-4-3-8-23-16/h5-6,10,16,19H,3-4,7-9,11-13H2,1-2H3,(H,20,21). The lowest BCUT2D eigenvalue weighted by Crippen LogP contribution is -2.34. The van der Waals surface area contributed by atoms with E-state index in [2.05, 4.69) is 10.6 Å². The van der Waals surface area contributed by atoms with E-state index >= 15 is 0 Å². The molecule has 0 aliphatic carbocycles. The number of nitrogens with one attached hydrogen (secondary N) is 2. The Morgan fingerprint density at radius 3 is 3.04 bits per heavy atom. The van der Waals surface area contributed by atoms with Gasteiger partial charge in [0.2, 0.25) is 5.91 Å². The molecule has 6 heteroatoms. The first-order valence-corrected chi connectivity index (χ1v) is 8.49. The largest absolute Gasteiger partial charge is 0.491 e. The zero-order chi connectivity index (χ0) is 17.2. The molecule has 0 saturated carbocycles. The summed E-state index contributed by atoms with van der Waals surface area (Å²) in [4.78, 5) is 11.8. The van der Waals surface area contributed by atoms with Crippen molar-refractivity contribution in [1.29, 1.82) is 0 Å². The van der Waals surface area contributed by atoms with E-state index in [9.17, 15) is 4.79 Å². The lowest BCUT2D eigenvalue weighted by atomic mass is 10.1. The first-order chi connectivity index (χ1) is 11.7. The van der Waals surface area contributed by atoms with Gasteiger partial charge in [-0.15, -0.1) is 0 Å². The van der Waals surface area contributed by atoms with Gasteiger partial charge >= 0.3 is 0 Å². The van der Waals surface area contributed by atoms with Crippen molar-refractivity contribution in [2.24, 2.45) is 0 Å². The molecule has 0 bridgehead atoms. The number of carbonyl (C=O) groups is 1. The molecule has 0 aromatic heterocycles. The van der Waals surface area contributed by atoms with Crippen LogP contribution in [-0.4, -0.2) is 52.0 Å². The van der Waals surface area contributed by atoms with Crippen LogP contribution in [0.15, 0.2) is 18.2 Å². The Kier molecular flexibility index (Phi) is 8.01. The number of rotatable bonds is 10. The minimum Gasteiger partial charge on any atom is -0.491 e. The van der Waals surface area contributed by atoms with Crippen molar-refractivity contribution in [3.63, 3.8) is 0 Å². The van der Waals surface area contributed by atoms with Gasteiger partial charge in [0.15, 0.2) is 0 Å². The van der Waals surface area contributed by atoms with Gasteiger partial charge in [-0.25, -0.2) is 0 Å². The third-order valence-corrected chi connectivity index (χ3v) is 3.92. The van der Waals surface area contributed by atoms with Gasteiger partial charge in [-0.1, -0.05) is 12.1 Å². The van der Waals surface area contributed by atoms with E-state index in [1.807, 2.05) is 25.1 Å². The molecule has 1 aromatic carbocycles. The van der Waals surface area contributed by atoms with Crippen molar-refractivity contribution in [3.05, 3.63) is 29.3 Å². The minimum absolute atomic E-state index is 0.0447. The van der Waals surface area contributed by atoms with E-state index in [1.165, 1.54) is 0 Å². The molecule has 1 heterocycles. The fourth-order valence-electron chi connectivity index (χ4n) is 2.53. The molecule has 24 heavy (non-hydrogen) atoms. The van der Waals surface area contributed by atoms with Gasteiger partial charge in [0.05, 0.1) is 19.3 Å². The molecule has 1 fully saturated rings. The van der Waals surface area contributed by atoms with E-state index in [0.717, 1.165) is 36.3 Å². The molecule has 1 aromatic rings. The average Bonchev–Trinajstić information content (AvgIpc) is 3.09. The SMILES string of the molecule is COCCNCC(=O)NCc1ccc(C)cc1OCC1CCCO1. The summed E-state index contributed by atoms with van der Waals surface area (Å²) in [7, 11) is 1.64. The maximum absolute atomic E-state index is 11.8. The minimum atomic E-state index is -0.0447. The smallest absolute Gasteiger partial charge is 0.234 e. The molecule has 1 unspecified atom stereocenters. The topological polar surface area (TPSA) is 68.8 Å². The van der Waals surface area contributed by atoms with Gasteiger partial charge in [-0.2, -0.15) is 0 Å². The van der Waals surface area contributed by atoms with Crippen LogP contribution in [-0.2, 0) is 20.8 Å². The summed E-state index contributed by atoms with van der Waals surface area (Å²) in [6, 6.07) is 6.03. The Morgan fingerprint density at radius 2 is 2.29 bits per heavy atom. The second-order valence-corrected chi connectivity index (χ2v) is 6.00. The van der Waals surface area contributed by atoms with Crippen LogP contribution >= 0.6 is 0 Å². The van der Waals surface area contributed by atoms with Gasteiger partial charge < -0.3 is 24.8 Å². The second kappa shape index (κ2) is 10.3. The Balaban J connectivity index is 1.81. The van der Waals surface area contributed by atoms with E-state index < -0.39 is 0 Å². The van der Waals surface area contributed by atoms with Crippen LogP contribution < -0.4 is 15.4 Å². The summed E-state index contributed by atoms with van der Waals surface area (Å²) < 4.78 is 16.5. The Labute approximate surface area is 143 Å². The molecule has 2 rings (SSSR count). The summed E-state index contributed by atoms with van der Waals surface area (Å²) >= 11 is 0. The molecule has 0 radical (unpaired) electrons. The van der Waals surface area contributed by atoms with Gasteiger partial charge in [0.1, 0.15) is 12.4 Å². The monoisotopic (exact) mass is 336 g/mol. The summed E-state index contributed by atoms with van der Waals surface area (Å²) in [6.45, 7) is 5.38. The summed E-state index contributed by atoms with van der Waals surface area (Å²) in [6.07, 6.45) is 2.32. The Morgan fingerprint density at radius 1 is 1.42 bits per heavy atom. The van der Waals surface area contributed by atoms with Gasteiger partial charge in [-0.05, 0) is 31.4 Å². The van der Waals surface area contributed by atoms with Crippen molar-refractivity contribution in [2.75, 3.05) is 40.0 Å². The second-order valence-electron chi connectivity index (χ2n) is 6.00. The van der Waals surface area contributed by atoms with Gasteiger partial charge in [0, 0.05) is 32.4 Å². The predicted molar refractivity (Wildman–Crippen MR) is 92.2 cm³/mol. The zero-order valence-corrected chi connectivity index (χ0v) is 14.6. The van der Waals surface area contributed by atoms with Crippen LogP contribution in [0.4, 0.5) is 0 Å². The van der Waals surface area contributed by atoms with E-state index in [4.69, 9.17) is 14.2 Å². The Hall–Kier alpha value is -1.63. The van der Waals surface area contributed by atoms with E-state index in [-0.39, 0.29) is 18.6 Å². The van der Waals surface area contributed by atoms with Crippen molar-refractivity contribution < 1.29 is 19.0 Å². The molecule has 1 saturated heterocycles. The molecule has 1 amide bonds. The van der Waals surface area contributed by atoms with Gasteiger partial charge in [-0.3, -0.25) is 4.79 Å². The maximum atomic E-state index is 11.8. The first kappa shape index (κ1) is 18.7. The first-order valence-electron chi connectivity index (χ1n) is 8.49. The quantitative estimate of drug-likeness (QED) is 0.632. The van der Waals surface area contributed by atoms with Crippen LogP contribution in [0.1, 0.15) is 24.0 Å². The number of hydrogen-bond acceptors (Lipinski definition) is 5. The molecule has 6 nitrogen and oxygen atoms in total. The molecule has 2 N–H and O–H groups in total. The van der Waals surface area contributed by atoms with Crippen molar-refractivity contribution in [3.8, 4) is 5.75 Å². The molecule has 1 aliphatic heterocycles. The molecule has 0 spiro atoms. The summed E-state index contributed by atoms with van der Waals surface area (Å²) in [5, 5.41) is 5.93. The number of aryl methyl sites for hydroxylation is 1. The lowest BCUT2D eigenvalue weighted by Gasteiger charge is -2.16. The van der Waals surface area contributed by atoms with Crippen molar-refractivity contribution in [2.45, 2.75) is 32.4 Å². The number of methoxy groups -OCH3 is 1. The lowest BCUT2D eigenvalue weighted by molar-refractivity contribution is -0.120. The van der Waals surface area contributed by atoms with Crippen LogP contribution in [0.3, 0.4) is 0 Å². The highest BCUT2D eigenvalue weighted by atomic mass is 16.5. The normalized spacial score (nSPS) is 17.0. The fraction of sp³-hybridized carbons (Fsp3) is 0.611. The Bertz CT molecular complexity index is 516. The van der Waals surface area contributed by atoms with E-state index in [1.54, 1.807) is 7.11 Å². The number of carbonyl (C=O) groups excluding carboxylic acids is 1. The highest BCUT2D eigenvalue weighted by Crippen LogP contribution is 2.22. The van der Waals surface area contributed by atoms with E-state index in [0.29, 0.717) is 26.3 Å². The zero-order valence-electron chi connectivity index (χ0n) is 14.6. The highest BCUT2D eigenvalue weighted by Gasteiger charge is 2.17. The third kappa shape index (κ3) is 6.47. The molecular weight excluding hydrogens is 308 g/mol. The molecule has 1 aliphatic rings. The van der Waals surface area contributed by atoms with Crippen molar-refractivity contribution in [1.82, 2.24) is 10.6 Å². The molecular formula is C18H28N2O4. The number of ether oxygens (including phenoxy) is 3. The summed E-state index contributed by atoms with van der Waals surface area (Å²) in [5.74, 6) is 0.773. The van der Waals surface area contributed by atoms with Crippen LogP contribution in [0.2, 0.25) is 0 Å². The number of hydrogen-bond donors (Lipinski definition) is 2. The van der Waals surface area contributed by atoms with Crippen molar-refractivity contribution >= 4 is 5.91 Å². The average molecular weight is 336 g/mol. The van der Waals surface area contributed by atoms with Crippen LogP contribution in [0.25, 0.3) is 0 Å². The number of benzene rings is 1. The fourth-order valence-corrected chi connectivity index (χ4v) is 2.53. The molecule has 1 atom stereocenters. The van der Waals surface area contributed by atoms with Gasteiger partial charge in [0.25, 0.3) is 0 Å². The maximum Gasteiger partial charge on any atom is 0.234 e. The highest BCUT2D eigenvalue weighted by molar-refractivity contribution is 5.78. The number of amides is 1. The summed E-state index contributed by atoms with van der Waals surface area (Å²) in [5.41, 5.74) is 2.11. The van der Waals surface area contributed by atoms with Crippen LogP contribution in [0, 0.1) is 6.92 Å².